The van der Waals surface area contributed by atoms with E-state index in [0.29, 0.717) is 6.42 Å². The van der Waals surface area contributed by atoms with E-state index in [1.54, 1.807) is 0 Å². The van der Waals surface area contributed by atoms with Crippen LogP contribution in [0, 0.1) is 0 Å². The zero-order valence-corrected chi connectivity index (χ0v) is 8.82. The number of aliphatic hydroxyl groups excluding tert-OH is 1. The molecule has 1 rings (SSSR count). The topological polar surface area (TPSA) is 98.5 Å². The van der Waals surface area contributed by atoms with Crippen LogP contribution in [0.5, 0.6) is 0 Å². The van der Waals surface area contributed by atoms with Crippen LogP contribution in [0.15, 0.2) is 17.8 Å². The Hall–Kier alpha value is -1.72. The molecule has 1 saturated heterocycles. The third-order valence-corrected chi connectivity index (χ3v) is 2.38. The van der Waals surface area contributed by atoms with Gasteiger partial charge in [0.05, 0.1) is 18.7 Å². The fourth-order valence-electron chi connectivity index (χ4n) is 1.66. The minimum Gasteiger partial charge on any atom is -0.445 e. The van der Waals surface area contributed by atoms with Crippen LogP contribution in [0.3, 0.4) is 0 Å². The Labute approximate surface area is 92.9 Å². The number of carbonyl (C=O) groups excluding carboxylic acids is 1. The van der Waals surface area contributed by atoms with Gasteiger partial charge in [0, 0.05) is 11.5 Å². The number of hydrogen-bond acceptors (Lipinski definition) is 4. The molecule has 88 valence electrons. The van der Waals surface area contributed by atoms with E-state index in [9.17, 15) is 4.79 Å². The van der Waals surface area contributed by atoms with Crippen molar-refractivity contribution in [1.29, 1.82) is 0 Å². The summed E-state index contributed by atoms with van der Waals surface area (Å²) in [6.45, 7) is 3.67. The van der Waals surface area contributed by atoms with Crippen molar-refractivity contribution in [3.8, 4) is 0 Å². The zero-order chi connectivity index (χ0) is 12.0. The molecule has 0 spiro atoms. The standard InChI is InChI=1S/C9H14N4O3/c1-2-3-16-9(15)13-5-7(11-12-10)4-8(13)6-14/h2,7-8,14H,1,3-6H2/t7-,8+/m1/s1. The summed E-state index contributed by atoms with van der Waals surface area (Å²) in [5.41, 5.74) is 8.30. The van der Waals surface area contributed by atoms with E-state index in [2.05, 4.69) is 16.6 Å². The lowest BCUT2D eigenvalue weighted by atomic mass is 10.2. The molecule has 0 radical (unpaired) electrons. The number of hydrogen-bond donors (Lipinski definition) is 1. The van der Waals surface area contributed by atoms with Gasteiger partial charge in [-0.25, -0.2) is 4.79 Å². The number of likely N-dealkylation sites (tertiary alicyclic amines) is 1. The van der Waals surface area contributed by atoms with E-state index in [0.717, 1.165) is 0 Å². The van der Waals surface area contributed by atoms with Gasteiger partial charge in [0.1, 0.15) is 6.61 Å². The molecule has 0 bridgehead atoms. The summed E-state index contributed by atoms with van der Waals surface area (Å²) in [5, 5.41) is 12.6. The maximum atomic E-state index is 11.5. The van der Waals surface area contributed by atoms with Crippen LogP contribution >= 0.6 is 0 Å². The van der Waals surface area contributed by atoms with E-state index >= 15 is 0 Å². The number of rotatable bonds is 4. The van der Waals surface area contributed by atoms with Crippen LogP contribution in [0.2, 0.25) is 0 Å². The zero-order valence-electron chi connectivity index (χ0n) is 8.82. The highest BCUT2D eigenvalue weighted by Gasteiger charge is 2.35. The molecule has 0 aliphatic carbocycles. The molecule has 7 heteroatoms. The van der Waals surface area contributed by atoms with Gasteiger partial charge in [-0.3, -0.25) is 0 Å². The second-order valence-corrected chi connectivity index (χ2v) is 3.45. The second kappa shape index (κ2) is 5.99. The summed E-state index contributed by atoms with van der Waals surface area (Å²) in [4.78, 5) is 15.6. The summed E-state index contributed by atoms with van der Waals surface area (Å²) in [7, 11) is 0. The van der Waals surface area contributed by atoms with E-state index in [1.165, 1.54) is 11.0 Å². The molecule has 2 atom stereocenters. The van der Waals surface area contributed by atoms with Crippen molar-refractivity contribution in [2.75, 3.05) is 19.8 Å². The van der Waals surface area contributed by atoms with Crippen molar-refractivity contribution in [1.82, 2.24) is 4.90 Å². The summed E-state index contributed by atoms with van der Waals surface area (Å²) >= 11 is 0. The lowest BCUT2D eigenvalue weighted by Crippen LogP contribution is -2.38. The van der Waals surface area contributed by atoms with E-state index in [4.69, 9.17) is 15.4 Å². The van der Waals surface area contributed by atoms with Gasteiger partial charge >= 0.3 is 6.09 Å². The van der Waals surface area contributed by atoms with Crippen molar-refractivity contribution < 1.29 is 14.6 Å². The molecule has 1 heterocycles. The average molecular weight is 226 g/mol. The van der Waals surface area contributed by atoms with E-state index in [1.807, 2.05) is 0 Å². The van der Waals surface area contributed by atoms with Crippen LogP contribution in [0.4, 0.5) is 4.79 Å². The van der Waals surface area contributed by atoms with Gasteiger partial charge in [-0.2, -0.15) is 0 Å². The third-order valence-electron chi connectivity index (χ3n) is 2.38. The molecule has 1 amide bonds. The largest absolute Gasteiger partial charge is 0.445 e. The van der Waals surface area contributed by atoms with Gasteiger partial charge in [-0.05, 0) is 12.0 Å². The van der Waals surface area contributed by atoms with E-state index in [-0.39, 0.29) is 31.8 Å². The highest BCUT2D eigenvalue weighted by Crippen LogP contribution is 2.21. The summed E-state index contributed by atoms with van der Waals surface area (Å²) in [6, 6.07) is -0.633. The predicted octanol–water partition coefficient (Wildman–Crippen LogP) is 1.05. The molecule has 7 nitrogen and oxygen atoms in total. The predicted molar refractivity (Wildman–Crippen MR) is 56.7 cm³/mol. The average Bonchev–Trinajstić information content (AvgIpc) is 2.69. The van der Waals surface area contributed by atoms with Crippen LogP contribution in [-0.4, -0.2) is 47.9 Å². The maximum absolute atomic E-state index is 11.5. The Balaban J connectivity index is 2.60. The van der Waals surface area contributed by atoms with Crippen molar-refractivity contribution in [3.63, 3.8) is 0 Å². The molecule has 0 unspecified atom stereocenters. The SMILES string of the molecule is C=CCOC(=O)N1C[C@H](N=[N+]=[N-])C[C@H]1CO. The first-order valence-electron chi connectivity index (χ1n) is 4.92. The number of nitrogens with zero attached hydrogens (tertiary/aromatic N) is 4. The fraction of sp³-hybridized carbons (Fsp3) is 0.667. The van der Waals surface area contributed by atoms with E-state index < -0.39 is 6.09 Å². The monoisotopic (exact) mass is 226 g/mol. The highest BCUT2D eigenvalue weighted by atomic mass is 16.6. The van der Waals surface area contributed by atoms with Gasteiger partial charge in [0.15, 0.2) is 0 Å². The van der Waals surface area contributed by atoms with Gasteiger partial charge < -0.3 is 14.7 Å². The fourth-order valence-corrected chi connectivity index (χ4v) is 1.66. The first-order chi connectivity index (χ1) is 7.72. The molecule has 1 aliphatic rings. The molecule has 1 aliphatic heterocycles. The maximum Gasteiger partial charge on any atom is 0.410 e. The van der Waals surface area contributed by atoms with Crippen LogP contribution < -0.4 is 0 Å². The molecule has 16 heavy (non-hydrogen) atoms. The second-order valence-electron chi connectivity index (χ2n) is 3.45. The molecular formula is C9H14N4O3. The van der Waals surface area contributed by atoms with Gasteiger partial charge in [-0.15, -0.1) is 0 Å². The van der Waals surface area contributed by atoms with Crippen molar-refractivity contribution >= 4 is 6.09 Å². The van der Waals surface area contributed by atoms with Gasteiger partial charge in [0.25, 0.3) is 0 Å². The third kappa shape index (κ3) is 2.88. The lowest BCUT2D eigenvalue weighted by Gasteiger charge is -2.21. The Morgan fingerprint density at radius 3 is 3.12 bits per heavy atom. The first-order valence-corrected chi connectivity index (χ1v) is 4.92. The normalized spacial score (nSPS) is 23.7. The lowest BCUT2D eigenvalue weighted by molar-refractivity contribution is 0.0924. The van der Waals surface area contributed by atoms with Crippen molar-refractivity contribution in [3.05, 3.63) is 23.1 Å². The number of azide groups is 1. The molecule has 1 fully saturated rings. The number of carbonyl (C=O) groups is 1. The molecular weight excluding hydrogens is 212 g/mol. The Morgan fingerprint density at radius 1 is 1.81 bits per heavy atom. The minimum absolute atomic E-state index is 0.125. The first kappa shape index (κ1) is 12.4. The molecule has 0 aromatic carbocycles. The highest BCUT2D eigenvalue weighted by molar-refractivity contribution is 5.68. The van der Waals surface area contributed by atoms with Crippen LogP contribution in [0.1, 0.15) is 6.42 Å². The molecule has 0 aromatic heterocycles. The smallest absolute Gasteiger partial charge is 0.410 e. The summed E-state index contributed by atoms with van der Waals surface area (Å²) in [6.07, 6.45) is 1.41. The minimum atomic E-state index is -0.519. The summed E-state index contributed by atoms with van der Waals surface area (Å²) in [5.74, 6) is 0. The quantitative estimate of drug-likeness (QED) is 0.335. The van der Waals surface area contributed by atoms with Gasteiger partial charge in [-0.1, -0.05) is 17.8 Å². The molecule has 0 saturated carbocycles. The van der Waals surface area contributed by atoms with Crippen molar-refractivity contribution in [2.24, 2.45) is 5.11 Å². The number of aliphatic hydroxyl groups is 1. The van der Waals surface area contributed by atoms with Crippen LogP contribution in [0.25, 0.3) is 10.4 Å². The Kier molecular flexibility index (Phi) is 4.63. The van der Waals surface area contributed by atoms with Crippen molar-refractivity contribution in [2.45, 2.75) is 18.5 Å². The Morgan fingerprint density at radius 2 is 2.56 bits per heavy atom. The summed E-state index contributed by atoms with van der Waals surface area (Å²) < 4.78 is 4.86. The Bertz CT molecular complexity index is 314. The van der Waals surface area contributed by atoms with Gasteiger partial charge in [0.2, 0.25) is 0 Å². The van der Waals surface area contributed by atoms with Crippen LogP contribution in [-0.2, 0) is 4.74 Å². The number of ether oxygens (including phenoxy) is 1. The molecule has 1 N–H and O–H groups in total. The molecule has 0 aromatic rings. The number of amides is 1.